The summed E-state index contributed by atoms with van der Waals surface area (Å²) < 4.78 is 0. The van der Waals surface area contributed by atoms with Gasteiger partial charge in [-0.25, -0.2) is 0 Å². The lowest BCUT2D eigenvalue weighted by Gasteiger charge is -2.33. The molecular weight excluding hydrogens is 210 g/mol. The van der Waals surface area contributed by atoms with Gasteiger partial charge in [-0.05, 0) is 37.5 Å². The summed E-state index contributed by atoms with van der Waals surface area (Å²) in [6.45, 7) is 3.36. The normalized spacial score (nSPS) is 39.2. The van der Waals surface area contributed by atoms with Crippen molar-refractivity contribution in [1.29, 1.82) is 0 Å². The summed E-state index contributed by atoms with van der Waals surface area (Å²) in [5.74, 6) is 1.46. The maximum absolute atomic E-state index is 9.96. The van der Waals surface area contributed by atoms with E-state index in [0.29, 0.717) is 5.92 Å². The minimum absolute atomic E-state index is 0.0400. The van der Waals surface area contributed by atoms with E-state index < -0.39 is 0 Å². The Morgan fingerprint density at radius 2 is 1.88 bits per heavy atom. The predicted molar refractivity (Wildman–Crippen MR) is 72.0 cm³/mol. The highest BCUT2D eigenvalue weighted by Gasteiger charge is 2.25. The van der Waals surface area contributed by atoms with Gasteiger partial charge in [0.15, 0.2) is 0 Å². The van der Waals surface area contributed by atoms with Gasteiger partial charge in [0.2, 0.25) is 0 Å². The zero-order chi connectivity index (χ0) is 12.1. The third kappa shape index (κ3) is 3.96. The highest BCUT2D eigenvalue weighted by Crippen LogP contribution is 2.28. The summed E-state index contributed by atoms with van der Waals surface area (Å²) in [6.07, 6.45) is 11.6. The maximum atomic E-state index is 9.96. The van der Waals surface area contributed by atoms with Crippen molar-refractivity contribution in [2.75, 3.05) is 6.54 Å². The van der Waals surface area contributed by atoms with E-state index in [1.54, 1.807) is 0 Å². The molecule has 2 nitrogen and oxygen atoms in total. The van der Waals surface area contributed by atoms with Crippen molar-refractivity contribution < 1.29 is 5.11 Å². The molecule has 0 radical (unpaired) electrons. The summed E-state index contributed by atoms with van der Waals surface area (Å²) in [5.41, 5.74) is 0. The molecule has 0 aliphatic heterocycles. The molecule has 100 valence electrons. The number of aliphatic hydroxyl groups is 1. The Balaban J connectivity index is 1.69. The average Bonchev–Trinajstić information content (AvgIpc) is 2.38. The van der Waals surface area contributed by atoms with E-state index in [1.165, 1.54) is 51.4 Å². The zero-order valence-electron chi connectivity index (χ0n) is 11.3. The van der Waals surface area contributed by atoms with Gasteiger partial charge in [0.25, 0.3) is 0 Å². The van der Waals surface area contributed by atoms with Crippen LogP contribution in [0.4, 0.5) is 0 Å². The molecular formula is C15H29NO. The van der Waals surface area contributed by atoms with E-state index in [0.717, 1.165) is 24.9 Å². The van der Waals surface area contributed by atoms with Gasteiger partial charge in [-0.15, -0.1) is 0 Å². The molecule has 0 bridgehead atoms. The maximum Gasteiger partial charge on any atom is 0.0580 e. The van der Waals surface area contributed by atoms with Crippen LogP contribution in [0.2, 0.25) is 0 Å². The number of hydrogen-bond donors (Lipinski definition) is 2. The molecule has 17 heavy (non-hydrogen) atoms. The van der Waals surface area contributed by atoms with Crippen LogP contribution in [0.15, 0.2) is 0 Å². The van der Waals surface area contributed by atoms with E-state index in [4.69, 9.17) is 0 Å². The Labute approximate surface area is 106 Å². The molecule has 2 rings (SSSR count). The van der Waals surface area contributed by atoms with Gasteiger partial charge in [0.05, 0.1) is 6.10 Å². The second-order valence-corrected chi connectivity index (χ2v) is 6.16. The van der Waals surface area contributed by atoms with Crippen molar-refractivity contribution in [3.63, 3.8) is 0 Å². The monoisotopic (exact) mass is 239 g/mol. The first-order chi connectivity index (χ1) is 8.29. The number of nitrogens with one attached hydrogen (secondary N) is 1. The topological polar surface area (TPSA) is 32.3 Å². The van der Waals surface area contributed by atoms with Crippen LogP contribution in [0.3, 0.4) is 0 Å². The fraction of sp³-hybridized carbons (Fsp3) is 1.00. The Kier molecular flexibility index (Phi) is 5.30. The highest BCUT2D eigenvalue weighted by atomic mass is 16.3. The van der Waals surface area contributed by atoms with Crippen molar-refractivity contribution in [1.82, 2.24) is 5.32 Å². The lowest BCUT2D eigenvalue weighted by Crippen LogP contribution is -2.40. The van der Waals surface area contributed by atoms with E-state index in [9.17, 15) is 5.11 Å². The fourth-order valence-corrected chi connectivity index (χ4v) is 3.59. The lowest BCUT2D eigenvalue weighted by molar-refractivity contribution is 0.0665. The van der Waals surface area contributed by atoms with Crippen LogP contribution in [0.5, 0.6) is 0 Å². The van der Waals surface area contributed by atoms with E-state index in [2.05, 4.69) is 12.2 Å². The van der Waals surface area contributed by atoms with Gasteiger partial charge in [-0.3, -0.25) is 0 Å². The van der Waals surface area contributed by atoms with Crippen LogP contribution < -0.4 is 5.32 Å². The molecule has 2 fully saturated rings. The van der Waals surface area contributed by atoms with Crippen molar-refractivity contribution in [2.24, 2.45) is 11.8 Å². The van der Waals surface area contributed by atoms with Crippen LogP contribution in [-0.4, -0.2) is 23.8 Å². The standard InChI is InChI=1S/C15H29NO/c1-2-12-6-5-8-14(10-12)16-11-13-7-3-4-9-15(13)17/h12-17H,2-11H2,1H3. The Morgan fingerprint density at radius 3 is 2.65 bits per heavy atom. The van der Waals surface area contributed by atoms with Crippen molar-refractivity contribution in [3.8, 4) is 0 Å². The van der Waals surface area contributed by atoms with E-state index in [-0.39, 0.29) is 6.10 Å². The molecule has 0 saturated heterocycles. The summed E-state index contributed by atoms with van der Waals surface area (Å²) in [7, 11) is 0. The predicted octanol–water partition coefficient (Wildman–Crippen LogP) is 3.10. The first-order valence-corrected chi connectivity index (χ1v) is 7.71. The molecule has 2 aliphatic carbocycles. The summed E-state index contributed by atoms with van der Waals surface area (Å²) in [6, 6.07) is 0.725. The summed E-state index contributed by atoms with van der Waals surface area (Å²) >= 11 is 0. The minimum Gasteiger partial charge on any atom is -0.393 e. The van der Waals surface area contributed by atoms with Gasteiger partial charge in [0, 0.05) is 12.6 Å². The molecule has 0 heterocycles. The molecule has 4 atom stereocenters. The lowest BCUT2D eigenvalue weighted by atomic mass is 9.83. The molecule has 2 saturated carbocycles. The summed E-state index contributed by atoms with van der Waals surface area (Å²) in [4.78, 5) is 0. The third-order valence-electron chi connectivity index (χ3n) is 4.90. The van der Waals surface area contributed by atoms with Gasteiger partial charge in [-0.1, -0.05) is 39.0 Å². The second-order valence-electron chi connectivity index (χ2n) is 6.16. The zero-order valence-corrected chi connectivity index (χ0v) is 11.3. The minimum atomic E-state index is -0.0400. The SMILES string of the molecule is CCC1CCCC(NCC2CCCCC2O)C1. The third-order valence-corrected chi connectivity index (χ3v) is 4.90. The number of aliphatic hydroxyl groups excluding tert-OH is 1. The largest absolute Gasteiger partial charge is 0.393 e. The number of rotatable bonds is 4. The Bertz CT molecular complexity index is 219. The van der Waals surface area contributed by atoms with Gasteiger partial charge in [0.1, 0.15) is 0 Å². The molecule has 0 spiro atoms. The molecule has 0 aromatic rings. The summed E-state index contributed by atoms with van der Waals surface area (Å²) in [5, 5.41) is 13.7. The number of hydrogen-bond acceptors (Lipinski definition) is 2. The molecule has 0 aromatic carbocycles. The Morgan fingerprint density at radius 1 is 1.06 bits per heavy atom. The van der Waals surface area contributed by atoms with Crippen LogP contribution in [0, 0.1) is 11.8 Å². The molecule has 0 amide bonds. The first kappa shape index (κ1) is 13.4. The second kappa shape index (κ2) is 6.75. The molecule has 0 aromatic heterocycles. The highest BCUT2D eigenvalue weighted by molar-refractivity contribution is 4.81. The van der Waals surface area contributed by atoms with Crippen molar-refractivity contribution in [3.05, 3.63) is 0 Å². The van der Waals surface area contributed by atoms with E-state index in [1.807, 2.05) is 0 Å². The van der Waals surface area contributed by atoms with Crippen LogP contribution in [-0.2, 0) is 0 Å². The molecule has 2 N–H and O–H groups in total. The molecule has 4 unspecified atom stereocenters. The van der Waals surface area contributed by atoms with E-state index >= 15 is 0 Å². The molecule has 2 heteroatoms. The Hall–Kier alpha value is -0.0800. The first-order valence-electron chi connectivity index (χ1n) is 7.71. The molecule has 2 aliphatic rings. The van der Waals surface area contributed by atoms with Crippen LogP contribution >= 0.6 is 0 Å². The van der Waals surface area contributed by atoms with Crippen LogP contribution in [0.25, 0.3) is 0 Å². The smallest absolute Gasteiger partial charge is 0.0580 e. The van der Waals surface area contributed by atoms with Crippen molar-refractivity contribution in [2.45, 2.75) is 76.9 Å². The fourth-order valence-electron chi connectivity index (χ4n) is 3.59. The van der Waals surface area contributed by atoms with Gasteiger partial charge in [-0.2, -0.15) is 0 Å². The van der Waals surface area contributed by atoms with Gasteiger partial charge < -0.3 is 10.4 Å². The van der Waals surface area contributed by atoms with Crippen LogP contribution in [0.1, 0.15) is 64.7 Å². The quantitative estimate of drug-likeness (QED) is 0.790. The average molecular weight is 239 g/mol. The van der Waals surface area contributed by atoms with Crippen molar-refractivity contribution >= 4 is 0 Å². The van der Waals surface area contributed by atoms with Gasteiger partial charge >= 0.3 is 0 Å².